The van der Waals surface area contributed by atoms with Crippen LogP contribution in [0.25, 0.3) is 0 Å². The number of nitrogens with two attached hydrogens (primary N) is 1. The molecule has 3 aromatic rings. The van der Waals surface area contributed by atoms with Gasteiger partial charge in [0.05, 0.1) is 20.6 Å². The van der Waals surface area contributed by atoms with Crippen molar-refractivity contribution in [3.8, 4) is 11.5 Å². The molecular formula is C29H36F3N3O3S. The molecule has 3 rings (SSSR count). The lowest BCUT2D eigenvalue weighted by Gasteiger charge is -2.31. The lowest BCUT2D eigenvalue weighted by molar-refractivity contribution is -0.139. The van der Waals surface area contributed by atoms with Gasteiger partial charge in [-0.3, -0.25) is 0 Å². The summed E-state index contributed by atoms with van der Waals surface area (Å²) in [4.78, 5) is 6.57. The minimum absolute atomic E-state index is 0.160. The van der Waals surface area contributed by atoms with Crippen LogP contribution in [0.3, 0.4) is 0 Å². The van der Waals surface area contributed by atoms with Crippen molar-refractivity contribution in [3.05, 3.63) is 83.6 Å². The van der Waals surface area contributed by atoms with Crippen LogP contribution in [-0.2, 0) is 24.5 Å². The third-order valence-electron chi connectivity index (χ3n) is 6.74. The molecule has 1 heterocycles. The Hall–Kier alpha value is -2.95. The maximum Gasteiger partial charge on any atom is 0.389 e. The van der Waals surface area contributed by atoms with Gasteiger partial charge in [-0.25, -0.2) is 4.98 Å². The molecule has 39 heavy (non-hydrogen) atoms. The number of nitrogens with zero attached hydrogens (tertiary/aromatic N) is 2. The van der Waals surface area contributed by atoms with Crippen LogP contribution in [0.5, 0.6) is 11.5 Å². The molecule has 0 aliphatic heterocycles. The lowest BCUT2D eigenvalue weighted by atomic mass is 9.88. The van der Waals surface area contributed by atoms with E-state index < -0.39 is 34.6 Å². The van der Waals surface area contributed by atoms with Gasteiger partial charge in [0.25, 0.3) is 0 Å². The first-order valence-corrected chi connectivity index (χ1v) is 13.8. The van der Waals surface area contributed by atoms with E-state index in [9.17, 15) is 17.7 Å². The van der Waals surface area contributed by atoms with Crippen LogP contribution in [0, 0.1) is 0 Å². The van der Waals surface area contributed by atoms with E-state index in [0.29, 0.717) is 36.0 Å². The minimum atomic E-state index is -4.39. The Morgan fingerprint density at radius 3 is 1.87 bits per heavy atom. The summed E-state index contributed by atoms with van der Waals surface area (Å²) in [6.07, 6.45) is -3.38. The fourth-order valence-corrected chi connectivity index (χ4v) is 4.69. The first-order chi connectivity index (χ1) is 18.4. The van der Waals surface area contributed by atoms with Crippen LogP contribution in [0.15, 0.2) is 66.9 Å². The number of ether oxygens (including phenoxy) is 2. The standard InChI is InChI=1S/C29H36F3N3O3S/c1-28(2,39(33)36)16-15-23(18-29(30,31)32)26-6-5-17-34-27(26)35(19-21-7-11-24(37-3)12-8-21)20-22-9-13-25(38-4)14-10-22/h5-14,17,23H,15-16,18-20,33H2,1-4H3. The van der Waals surface area contributed by atoms with Crippen molar-refractivity contribution < 1.29 is 27.2 Å². The molecule has 0 fully saturated rings. The van der Waals surface area contributed by atoms with Crippen molar-refractivity contribution in [1.29, 1.82) is 0 Å². The summed E-state index contributed by atoms with van der Waals surface area (Å²) in [6, 6.07) is 18.5. The van der Waals surface area contributed by atoms with E-state index in [2.05, 4.69) is 4.98 Å². The zero-order chi connectivity index (χ0) is 28.6. The van der Waals surface area contributed by atoms with Gasteiger partial charge in [-0.15, -0.1) is 0 Å². The van der Waals surface area contributed by atoms with Crippen molar-refractivity contribution in [2.45, 2.75) is 63.0 Å². The molecule has 0 aliphatic rings. The van der Waals surface area contributed by atoms with E-state index in [1.807, 2.05) is 53.4 Å². The number of halogens is 3. The highest BCUT2D eigenvalue weighted by Crippen LogP contribution is 2.40. The first kappa shape index (κ1) is 30.6. The molecule has 6 nitrogen and oxygen atoms in total. The molecular weight excluding hydrogens is 527 g/mol. The maximum atomic E-state index is 13.8. The van der Waals surface area contributed by atoms with Gasteiger partial charge in [0, 0.05) is 30.6 Å². The van der Waals surface area contributed by atoms with Gasteiger partial charge in [0.2, 0.25) is 0 Å². The summed E-state index contributed by atoms with van der Waals surface area (Å²) in [5.74, 6) is 1.02. The topological polar surface area (TPSA) is 83.7 Å². The molecule has 1 aromatic heterocycles. The van der Waals surface area contributed by atoms with E-state index in [0.717, 1.165) is 11.1 Å². The van der Waals surface area contributed by atoms with Crippen LogP contribution in [0.1, 0.15) is 55.7 Å². The van der Waals surface area contributed by atoms with Gasteiger partial charge >= 0.3 is 6.18 Å². The molecule has 212 valence electrons. The third-order valence-corrected chi connectivity index (χ3v) is 8.03. The Morgan fingerprint density at radius 2 is 1.44 bits per heavy atom. The number of alkyl halides is 3. The molecule has 2 atom stereocenters. The average Bonchev–Trinajstić information content (AvgIpc) is 2.91. The minimum Gasteiger partial charge on any atom is -0.598 e. The Labute approximate surface area is 231 Å². The number of pyridine rings is 1. The van der Waals surface area contributed by atoms with Gasteiger partial charge in [-0.05, 0) is 79.6 Å². The Bertz CT molecular complexity index is 1120. The fraction of sp³-hybridized carbons (Fsp3) is 0.414. The number of hydrogen-bond acceptors (Lipinski definition) is 6. The van der Waals surface area contributed by atoms with Gasteiger partial charge in [0.1, 0.15) is 22.1 Å². The van der Waals surface area contributed by atoms with E-state index >= 15 is 0 Å². The maximum absolute atomic E-state index is 13.8. The summed E-state index contributed by atoms with van der Waals surface area (Å²) in [6.45, 7) is 4.24. The van der Waals surface area contributed by atoms with Gasteiger partial charge in [-0.2, -0.15) is 18.3 Å². The second-order valence-corrected chi connectivity index (χ2v) is 11.8. The summed E-state index contributed by atoms with van der Waals surface area (Å²) < 4.78 is 63.1. The predicted octanol–water partition coefficient (Wildman–Crippen LogP) is 6.52. The average molecular weight is 564 g/mol. The third kappa shape index (κ3) is 9.05. The van der Waals surface area contributed by atoms with Crippen molar-refractivity contribution in [2.24, 2.45) is 5.14 Å². The van der Waals surface area contributed by atoms with E-state index in [4.69, 9.17) is 14.6 Å². The number of benzene rings is 2. The van der Waals surface area contributed by atoms with Crippen molar-refractivity contribution in [3.63, 3.8) is 0 Å². The molecule has 0 saturated carbocycles. The largest absolute Gasteiger partial charge is 0.598 e. The molecule has 0 aliphatic carbocycles. The Kier molecular flexibility index (Phi) is 10.5. The number of methoxy groups -OCH3 is 2. The van der Waals surface area contributed by atoms with E-state index in [1.165, 1.54) is 0 Å². The first-order valence-electron chi connectivity index (χ1n) is 12.6. The Morgan fingerprint density at radius 1 is 0.923 bits per heavy atom. The molecule has 0 amide bonds. The molecule has 10 heteroatoms. The number of rotatable bonds is 13. The zero-order valence-corrected chi connectivity index (χ0v) is 23.5. The van der Waals surface area contributed by atoms with Crippen molar-refractivity contribution >= 4 is 17.2 Å². The molecule has 0 spiro atoms. The van der Waals surface area contributed by atoms with Gasteiger partial charge in [0.15, 0.2) is 0 Å². The molecule has 2 N–H and O–H groups in total. The second-order valence-electron chi connectivity index (χ2n) is 10.1. The monoisotopic (exact) mass is 563 g/mol. The quantitative estimate of drug-likeness (QED) is 0.238. The SMILES string of the molecule is COc1ccc(CN(Cc2ccc(OC)cc2)c2ncccc2C(CCC(C)(C)[S+](N)[O-])CC(F)(F)F)cc1. The number of anilines is 1. The van der Waals surface area contributed by atoms with Crippen LogP contribution >= 0.6 is 0 Å². The highest BCUT2D eigenvalue weighted by molar-refractivity contribution is 7.90. The highest BCUT2D eigenvalue weighted by atomic mass is 32.2. The summed E-state index contributed by atoms with van der Waals surface area (Å²) >= 11 is -1.67. The number of hydrogen-bond donors (Lipinski definition) is 1. The zero-order valence-electron chi connectivity index (χ0n) is 22.7. The summed E-state index contributed by atoms with van der Waals surface area (Å²) in [7, 11) is 3.18. The molecule has 0 radical (unpaired) electrons. The fourth-order valence-electron chi connectivity index (χ4n) is 4.37. The van der Waals surface area contributed by atoms with Crippen LogP contribution in [-0.4, -0.2) is 34.7 Å². The van der Waals surface area contributed by atoms with Gasteiger partial charge < -0.3 is 18.9 Å². The van der Waals surface area contributed by atoms with Crippen molar-refractivity contribution in [1.82, 2.24) is 4.98 Å². The normalized spacial score (nSPS) is 13.6. The van der Waals surface area contributed by atoms with E-state index in [1.54, 1.807) is 46.4 Å². The summed E-state index contributed by atoms with van der Waals surface area (Å²) in [5, 5.41) is 5.63. The van der Waals surface area contributed by atoms with E-state index in [-0.39, 0.29) is 12.8 Å². The van der Waals surface area contributed by atoms with Crippen LogP contribution in [0.4, 0.5) is 19.0 Å². The molecule has 0 bridgehead atoms. The Balaban J connectivity index is 2.02. The second kappa shape index (κ2) is 13.4. The highest BCUT2D eigenvalue weighted by Gasteiger charge is 2.37. The van der Waals surface area contributed by atoms with Crippen molar-refractivity contribution in [2.75, 3.05) is 19.1 Å². The molecule has 0 saturated heterocycles. The van der Waals surface area contributed by atoms with Crippen LogP contribution in [0.2, 0.25) is 0 Å². The predicted molar refractivity (Wildman–Crippen MR) is 149 cm³/mol. The summed E-state index contributed by atoms with van der Waals surface area (Å²) in [5.41, 5.74) is 2.40. The smallest absolute Gasteiger partial charge is 0.389 e. The molecule has 2 aromatic carbocycles. The number of aromatic nitrogens is 1. The van der Waals surface area contributed by atoms with Crippen LogP contribution < -0.4 is 19.5 Å². The molecule has 2 unspecified atom stereocenters. The van der Waals surface area contributed by atoms with Gasteiger partial charge in [-0.1, -0.05) is 30.3 Å². The lowest BCUT2D eigenvalue weighted by Crippen LogP contribution is -2.38.